The van der Waals surface area contributed by atoms with E-state index in [1.807, 2.05) is 25.1 Å². The molecule has 4 nitrogen and oxygen atoms in total. The molecule has 1 N–H and O–H groups in total. The van der Waals surface area contributed by atoms with Gasteiger partial charge in [0.2, 0.25) is 0 Å². The van der Waals surface area contributed by atoms with Gasteiger partial charge in [-0.2, -0.15) is 0 Å². The van der Waals surface area contributed by atoms with Crippen LogP contribution in [0.2, 0.25) is 0 Å². The predicted molar refractivity (Wildman–Crippen MR) is 79.4 cm³/mol. The fraction of sp³-hybridized carbons (Fsp3) is 0.500. The lowest BCUT2D eigenvalue weighted by Gasteiger charge is -2.31. The van der Waals surface area contributed by atoms with Crippen LogP contribution in [0.1, 0.15) is 24.4 Å². The van der Waals surface area contributed by atoms with Crippen LogP contribution in [0.15, 0.2) is 24.3 Å². The molecule has 1 atom stereocenters. The number of piperidine rings is 1. The first kappa shape index (κ1) is 13.5. The number of aliphatic hydroxyl groups excluding tert-OH is 1. The highest BCUT2D eigenvalue weighted by atomic mass is 16.3. The molecule has 4 heteroatoms. The number of nitrogens with zero attached hydrogens (tertiary/aromatic N) is 3. The first-order valence-electron chi connectivity index (χ1n) is 7.31. The first-order chi connectivity index (χ1) is 9.76. The van der Waals surface area contributed by atoms with Crippen molar-refractivity contribution in [3.05, 3.63) is 35.8 Å². The zero-order valence-electron chi connectivity index (χ0n) is 11.9. The molecule has 106 valence electrons. The topological polar surface area (TPSA) is 49.2 Å². The summed E-state index contributed by atoms with van der Waals surface area (Å²) in [5.41, 5.74) is 2.06. The zero-order chi connectivity index (χ0) is 13.9. The third kappa shape index (κ3) is 2.81. The van der Waals surface area contributed by atoms with Gasteiger partial charge in [-0.05, 0) is 38.3 Å². The van der Waals surface area contributed by atoms with E-state index in [1.165, 1.54) is 0 Å². The number of aliphatic hydroxyl groups is 1. The van der Waals surface area contributed by atoms with Crippen molar-refractivity contribution in [1.29, 1.82) is 0 Å². The number of fused-ring (bicyclic) bond motifs is 1. The van der Waals surface area contributed by atoms with Crippen molar-refractivity contribution in [2.24, 2.45) is 5.92 Å². The van der Waals surface area contributed by atoms with Gasteiger partial charge in [-0.15, -0.1) is 0 Å². The molecule has 0 spiro atoms. The molecule has 20 heavy (non-hydrogen) atoms. The van der Waals surface area contributed by atoms with Crippen molar-refractivity contribution in [2.45, 2.75) is 26.3 Å². The highest BCUT2D eigenvalue weighted by molar-refractivity contribution is 5.80. The van der Waals surface area contributed by atoms with Crippen LogP contribution in [0.3, 0.4) is 0 Å². The van der Waals surface area contributed by atoms with Crippen LogP contribution >= 0.6 is 0 Å². The number of likely N-dealkylation sites (tertiary alicyclic amines) is 1. The summed E-state index contributed by atoms with van der Waals surface area (Å²) in [7, 11) is 0. The van der Waals surface area contributed by atoms with E-state index in [4.69, 9.17) is 0 Å². The number of aromatic nitrogens is 2. The molecule has 1 aromatic carbocycles. The predicted octanol–water partition coefficient (Wildman–Crippen LogP) is 2.14. The Kier molecular flexibility index (Phi) is 3.94. The summed E-state index contributed by atoms with van der Waals surface area (Å²) in [6.07, 6.45) is 2.28. The Bertz CT molecular complexity index is 599. The van der Waals surface area contributed by atoms with Gasteiger partial charge in [0, 0.05) is 24.2 Å². The maximum absolute atomic E-state index is 9.30. The zero-order valence-corrected chi connectivity index (χ0v) is 11.9. The van der Waals surface area contributed by atoms with Crippen molar-refractivity contribution in [3.63, 3.8) is 0 Å². The van der Waals surface area contributed by atoms with Crippen molar-refractivity contribution >= 4 is 10.9 Å². The average Bonchev–Trinajstić information content (AvgIpc) is 2.47. The van der Waals surface area contributed by atoms with Gasteiger partial charge in [-0.3, -0.25) is 4.90 Å². The molecule has 2 heterocycles. The molecular weight excluding hydrogens is 250 g/mol. The number of hydrogen-bond acceptors (Lipinski definition) is 4. The van der Waals surface area contributed by atoms with Crippen LogP contribution in [-0.2, 0) is 6.54 Å². The summed E-state index contributed by atoms with van der Waals surface area (Å²) in [6.45, 7) is 5.13. The smallest absolute Gasteiger partial charge is 0.143 e. The quantitative estimate of drug-likeness (QED) is 0.929. The lowest BCUT2D eigenvalue weighted by molar-refractivity contribution is 0.114. The Balaban J connectivity index is 1.80. The molecule has 1 aliphatic rings. The molecule has 1 saturated heterocycles. The number of rotatable bonds is 3. The van der Waals surface area contributed by atoms with Gasteiger partial charge in [0.05, 0.1) is 12.1 Å². The number of aryl methyl sites for hydroxylation is 1. The number of benzene rings is 1. The molecule has 0 radical (unpaired) electrons. The molecular formula is C16H21N3O. The van der Waals surface area contributed by atoms with Crippen LogP contribution < -0.4 is 0 Å². The monoisotopic (exact) mass is 271 g/mol. The average molecular weight is 271 g/mol. The fourth-order valence-electron chi connectivity index (χ4n) is 3.01. The van der Waals surface area contributed by atoms with Crippen LogP contribution in [0.4, 0.5) is 0 Å². The molecule has 2 aromatic rings. The van der Waals surface area contributed by atoms with Gasteiger partial charge in [-0.1, -0.05) is 18.2 Å². The van der Waals surface area contributed by atoms with Gasteiger partial charge < -0.3 is 5.11 Å². The molecule has 0 aliphatic carbocycles. The second kappa shape index (κ2) is 5.85. The summed E-state index contributed by atoms with van der Waals surface area (Å²) in [5.74, 6) is 1.30. The van der Waals surface area contributed by atoms with Crippen molar-refractivity contribution in [3.8, 4) is 0 Å². The Morgan fingerprint density at radius 3 is 3.00 bits per heavy atom. The highest BCUT2D eigenvalue weighted by Crippen LogP contribution is 2.19. The summed E-state index contributed by atoms with van der Waals surface area (Å²) in [4.78, 5) is 11.7. The maximum Gasteiger partial charge on any atom is 0.143 e. The maximum atomic E-state index is 9.30. The second-order valence-electron chi connectivity index (χ2n) is 5.67. The molecule has 1 aliphatic heterocycles. The Morgan fingerprint density at radius 1 is 1.30 bits per heavy atom. The van der Waals surface area contributed by atoms with E-state index < -0.39 is 0 Å². The highest BCUT2D eigenvalue weighted by Gasteiger charge is 2.20. The van der Waals surface area contributed by atoms with E-state index in [2.05, 4.69) is 20.9 Å². The number of para-hydroxylation sites is 1. The first-order valence-corrected chi connectivity index (χ1v) is 7.31. The Hall–Kier alpha value is -1.52. The summed E-state index contributed by atoms with van der Waals surface area (Å²) >= 11 is 0. The molecule has 0 saturated carbocycles. The molecule has 1 fully saturated rings. The molecule has 3 rings (SSSR count). The molecule has 1 aromatic heterocycles. The third-order valence-corrected chi connectivity index (χ3v) is 4.07. The van der Waals surface area contributed by atoms with E-state index >= 15 is 0 Å². The Labute approximate surface area is 119 Å². The lowest BCUT2D eigenvalue weighted by Crippen LogP contribution is -2.36. The summed E-state index contributed by atoms with van der Waals surface area (Å²) in [5, 5.41) is 10.4. The van der Waals surface area contributed by atoms with Crippen LogP contribution in [0, 0.1) is 12.8 Å². The standard InChI is InChI=1S/C16H21N3O/c1-12-14-6-2-3-7-15(14)18-16(17-12)10-19-8-4-5-13(9-19)11-20/h2-3,6-7,13,20H,4-5,8-11H2,1H3. The third-order valence-electron chi connectivity index (χ3n) is 4.07. The van der Waals surface area contributed by atoms with Crippen molar-refractivity contribution in [2.75, 3.05) is 19.7 Å². The van der Waals surface area contributed by atoms with Gasteiger partial charge in [-0.25, -0.2) is 9.97 Å². The van der Waals surface area contributed by atoms with Gasteiger partial charge in [0.1, 0.15) is 5.82 Å². The summed E-state index contributed by atoms with van der Waals surface area (Å²) in [6, 6.07) is 8.15. The van der Waals surface area contributed by atoms with E-state index in [0.717, 1.165) is 54.9 Å². The van der Waals surface area contributed by atoms with Gasteiger partial charge >= 0.3 is 0 Å². The minimum absolute atomic E-state index is 0.286. The van der Waals surface area contributed by atoms with E-state index in [9.17, 15) is 5.11 Å². The molecule has 0 bridgehead atoms. The van der Waals surface area contributed by atoms with Crippen LogP contribution in [0.5, 0.6) is 0 Å². The minimum Gasteiger partial charge on any atom is -0.396 e. The van der Waals surface area contributed by atoms with Crippen LogP contribution in [-0.4, -0.2) is 39.7 Å². The van der Waals surface area contributed by atoms with Gasteiger partial charge in [0.15, 0.2) is 0 Å². The van der Waals surface area contributed by atoms with E-state index in [-0.39, 0.29) is 6.61 Å². The van der Waals surface area contributed by atoms with Crippen LogP contribution in [0.25, 0.3) is 10.9 Å². The van der Waals surface area contributed by atoms with E-state index in [0.29, 0.717) is 5.92 Å². The summed E-state index contributed by atoms with van der Waals surface area (Å²) < 4.78 is 0. The largest absolute Gasteiger partial charge is 0.396 e. The molecule has 0 amide bonds. The lowest BCUT2D eigenvalue weighted by atomic mass is 9.99. The van der Waals surface area contributed by atoms with Crippen molar-refractivity contribution in [1.82, 2.24) is 14.9 Å². The van der Waals surface area contributed by atoms with E-state index in [1.54, 1.807) is 0 Å². The normalized spacial score (nSPS) is 20.4. The number of hydrogen-bond donors (Lipinski definition) is 1. The second-order valence-corrected chi connectivity index (χ2v) is 5.67. The molecule has 1 unspecified atom stereocenters. The van der Waals surface area contributed by atoms with Gasteiger partial charge in [0.25, 0.3) is 0 Å². The Morgan fingerprint density at radius 2 is 2.15 bits per heavy atom. The minimum atomic E-state index is 0.286. The SMILES string of the molecule is Cc1nc(CN2CCCC(CO)C2)nc2ccccc12. The van der Waals surface area contributed by atoms with Crippen molar-refractivity contribution < 1.29 is 5.11 Å². The fourth-order valence-corrected chi connectivity index (χ4v) is 3.01.